The highest BCUT2D eigenvalue weighted by molar-refractivity contribution is 7.98. The summed E-state index contributed by atoms with van der Waals surface area (Å²) in [7, 11) is -2.27. The van der Waals surface area contributed by atoms with Gasteiger partial charge in [0.15, 0.2) is 0 Å². The van der Waals surface area contributed by atoms with Crippen molar-refractivity contribution in [3.63, 3.8) is 0 Å². The molecule has 1 atom stereocenters. The van der Waals surface area contributed by atoms with Crippen LogP contribution in [0.5, 0.6) is 0 Å². The van der Waals surface area contributed by atoms with Crippen LogP contribution in [-0.4, -0.2) is 58.0 Å². The van der Waals surface area contributed by atoms with Gasteiger partial charge in [-0.05, 0) is 11.9 Å². The van der Waals surface area contributed by atoms with Crippen LogP contribution in [0.3, 0.4) is 0 Å². The predicted molar refractivity (Wildman–Crippen MR) is 101 cm³/mol. The highest BCUT2D eigenvalue weighted by Crippen LogP contribution is 2.35. The number of nitrogens with one attached hydrogen (secondary N) is 1. The van der Waals surface area contributed by atoms with E-state index in [-0.39, 0.29) is 0 Å². The van der Waals surface area contributed by atoms with Crippen LogP contribution < -0.4 is 0 Å². The van der Waals surface area contributed by atoms with Crippen molar-refractivity contribution in [2.75, 3.05) is 18.8 Å². The van der Waals surface area contributed by atoms with Crippen molar-refractivity contribution >= 4 is 26.6 Å². The maximum absolute atomic E-state index is 12.5. The van der Waals surface area contributed by atoms with Crippen molar-refractivity contribution in [3.05, 3.63) is 31.0 Å². The zero-order valence-electron chi connectivity index (χ0n) is 14.4. The van der Waals surface area contributed by atoms with Gasteiger partial charge in [0.2, 0.25) is 0 Å². The molecule has 1 fully saturated rings. The molecule has 1 aliphatic heterocycles. The number of H-pyrrole nitrogens is 1. The Morgan fingerprint density at radius 1 is 1.46 bits per heavy atom. The number of fused-ring (bicyclic) bond motifs is 1. The average Bonchev–Trinajstić information content (AvgIpc) is 3.26. The third-order valence-corrected chi connectivity index (χ3v) is 7.07. The normalized spacial score (nSPS) is 18.9. The number of hydrogen-bond donors (Lipinski definition) is 1. The predicted octanol–water partition coefficient (Wildman–Crippen LogP) is 1.40. The summed E-state index contributed by atoms with van der Waals surface area (Å²) in [5.41, 5.74) is 1.94. The van der Waals surface area contributed by atoms with Gasteiger partial charge in [0, 0.05) is 51.9 Å². The fraction of sp³-hybridized carbons (Fsp3) is 0.353. The maximum Gasteiger partial charge on any atom is 0.141 e. The van der Waals surface area contributed by atoms with Crippen molar-refractivity contribution in [2.45, 2.75) is 18.9 Å². The highest BCUT2D eigenvalue weighted by atomic mass is 32.2. The Kier molecular flexibility index (Phi) is 3.82. The number of nitriles is 1. The van der Waals surface area contributed by atoms with E-state index < -0.39 is 15.2 Å². The van der Waals surface area contributed by atoms with Gasteiger partial charge in [-0.3, -0.25) is 8.89 Å². The summed E-state index contributed by atoms with van der Waals surface area (Å²) in [5.74, 6) is 4.32. The van der Waals surface area contributed by atoms with E-state index in [0.29, 0.717) is 25.3 Å². The Bertz CT molecular complexity index is 1100. The molecule has 1 saturated heterocycles. The van der Waals surface area contributed by atoms with Crippen LogP contribution in [0.15, 0.2) is 31.0 Å². The van der Waals surface area contributed by atoms with Gasteiger partial charge in [0.1, 0.15) is 17.5 Å². The Balaban J connectivity index is 1.69. The monoisotopic (exact) mass is 369 g/mol. The van der Waals surface area contributed by atoms with Crippen molar-refractivity contribution in [2.24, 2.45) is 0 Å². The van der Waals surface area contributed by atoms with Crippen LogP contribution in [0.2, 0.25) is 0 Å². The molecule has 0 aliphatic carbocycles. The van der Waals surface area contributed by atoms with Crippen LogP contribution in [0.4, 0.5) is 0 Å². The first-order valence-electron chi connectivity index (χ1n) is 8.30. The second-order valence-corrected chi connectivity index (χ2v) is 9.19. The number of aromatic nitrogens is 5. The molecule has 0 amide bonds. The van der Waals surface area contributed by atoms with Gasteiger partial charge in [-0.15, -0.1) is 0 Å². The Morgan fingerprint density at radius 3 is 3.00 bits per heavy atom. The first kappa shape index (κ1) is 16.8. The van der Waals surface area contributed by atoms with E-state index in [9.17, 15) is 9.47 Å². The smallest absolute Gasteiger partial charge is 0.141 e. The maximum atomic E-state index is 12.5. The number of aromatic amines is 1. The molecular formula is C17H19N7OS. The van der Waals surface area contributed by atoms with Crippen LogP contribution in [0.1, 0.15) is 13.3 Å². The Labute approximate surface area is 151 Å². The molecule has 0 saturated carbocycles. The fourth-order valence-electron chi connectivity index (χ4n) is 3.32. The molecule has 9 heteroatoms. The zero-order valence-corrected chi connectivity index (χ0v) is 15.2. The second-order valence-electron chi connectivity index (χ2n) is 6.55. The zero-order chi connectivity index (χ0) is 18.4. The molecule has 8 nitrogen and oxygen atoms in total. The minimum Gasteiger partial charge on any atom is -0.346 e. The lowest BCUT2D eigenvalue weighted by atomic mass is 9.89. The van der Waals surface area contributed by atoms with Gasteiger partial charge < -0.3 is 4.98 Å². The van der Waals surface area contributed by atoms with Crippen LogP contribution in [0, 0.1) is 11.3 Å². The topological polar surface area (TPSA) is 103 Å². The van der Waals surface area contributed by atoms with Crippen LogP contribution >= 0.6 is 0 Å². The molecule has 0 bridgehead atoms. The van der Waals surface area contributed by atoms with Crippen molar-refractivity contribution < 1.29 is 4.21 Å². The molecule has 0 spiro atoms. The lowest BCUT2D eigenvalue weighted by molar-refractivity contribution is 0.0759. The van der Waals surface area contributed by atoms with E-state index in [4.69, 9.17) is 0 Å². The van der Waals surface area contributed by atoms with Gasteiger partial charge in [-0.1, -0.05) is 6.92 Å². The molecule has 4 rings (SSSR count). The lowest BCUT2D eigenvalue weighted by Gasteiger charge is -2.49. The van der Waals surface area contributed by atoms with Gasteiger partial charge in [0.25, 0.3) is 0 Å². The molecule has 134 valence electrons. The third kappa shape index (κ3) is 2.50. The molecule has 0 radical (unpaired) electrons. The molecule has 1 N–H and O–H groups in total. The van der Waals surface area contributed by atoms with Crippen LogP contribution in [-0.2, 0) is 15.2 Å². The third-order valence-electron chi connectivity index (χ3n) is 4.97. The van der Waals surface area contributed by atoms with E-state index in [1.54, 1.807) is 6.20 Å². The molecule has 3 aromatic rings. The van der Waals surface area contributed by atoms with E-state index in [1.165, 1.54) is 6.33 Å². The lowest BCUT2D eigenvalue weighted by Crippen LogP contribution is -2.64. The second kappa shape index (κ2) is 5.93. The van der Waals surface area contributed by atoms with E-state index in [2.05, 4.69) is 32.0 Å². The number of nitrogens with zero attached hydrogens (tertiary/aromatic N) is 6. The van der Waals surface area contributed by atoms with E-state index >= 15 is 0 Å². The minimum atomic E-state index is -2.27. The van der Waals surface area contributed by atoms with Gasteiger partial charge in [0.05, 0.1) is 24.4 Å². The summed E-state index contributed by atoms with van der Waals surface area (Å²) in [6.07, 6.45) is 7.29. The number of hydrogen-bond acceptors (Lipinski definition) is 5. The average molecular weight is 369 g/mol. The first-order valence-corrected chi connectivity index (χ1v) is 10.1. The van der Waals surface area contributed by atoms with Gasteiger partial charge in [-0.25, -0.2) is 14.3 Å². The summed E-state index contributed by atoms with van der Waals surface area (Å²) < 4.78 is 16.1. The molecule has 26 heavy (non-hydrogen) atoms. The minimum absolute atomic E-state index is 0.299. The standard InChI is InChI=1S/C17H19N7OS/c1-3-26(2,25)23-10-17(11-23,5-6-18)24-9-13(8-22-24)15-14-4-7-19-16(14)21-12-20-15/h4,7-9,12H,2-3,5,10-11H2,1H3,(H,19,20,21). The summed E-state index contributed by atoms with van der Waals surface area (Å²) in [5, 5.41) is 14.7. The van der Waals surface area contributed by atoms with Crippen molar-refractivity contribution in [3.8, 4) is 17.3 Å². The van der Waals surface area contributed by atoms with Crippen molar-refractivity contribution in [1.29, 1.82) is 5.26 Å². The van der Waals surface area contributed by atoms with Crippen LogP contribution in [0.25, 0.3) is 22.3 Å². The molecular weight excluding hydrogens is 350 g/mol. The van der Waals surface area contributed by atoms with Crippen molar-refractivity contribution in [1.82, 2.24) is 29.0 Å². The molecule has 1 unspecified atom stereocenters. The van der Waals surface area contributed by atoms with E-state index in [1.807, 2.05) is 34.4 Å². The Morgan fingerprint density at radius 2 is 2.27 bits per heavy atom. The molecule has 1 aliphatic rings. The highest BCUT2D eigenvalue weighted by Gasteiger charge is 2.48. The SMILES string of the molecule is C=S(=O)(CC)N1CC(CC#N)(n2cc(-c3ncnc4[nH]ccc34)cn2)C1. The summed E-state index contributed by atoms with van der Waals surface area (Å²) in [6, 6.07) is 4.17. The van der Waals surface area contributed by atoms with Gasteiger partial charge >= 0.3 is 0 Å². The fourth-order valence-corrected chi connectivity index (χ4v) is 4.64. The summed E-state index contributed by atoms with van der Waals surface area (Å²) in [6.45, 7) is 2.87. The quantitative estimate of drug-likeness (QED) is 0.685. The summed E-state index contributed by atoms with van der Waals surface area (Å²) in [4.78, 5) is 11.7. The molecule has 3 aromatic heterocycles. The van der Waals surface area contributed by atoms with Gasteiger partial charge in [-0.2, -0.15) is 10.4 Å². The molecule has 0 aromatic carbocycles. The molecule has 4 heterocycles. The number of rotatable bonds is 5. The first-order chi connectivity index (χ1) is 12.5. The largest absolute Gasteiger partial charge is 0.346 e. The Hall–Kier alpha value is -2.70. The van der Waals surface area contributed by atoms with E-state index in [0.717, 1.165) is 22.3 Å². The summed E-state index contributed by atoms with van der Waals surface area (Å²) >= 11 is 0.